The van der Waals surface area contributed by atoms with Gasteiger partial charge in [-0.1, -0.05) is 31.1 Å². The van der Waals surface area contributed by atoms with Crippen molar-refractivity contribution in [3.8, 4) is 0 Å². The van der Waals surface area contributed by atoms with E-state index >= 15 is 0 Å². The molecule has 0 radical (unpaired) electrons. The average molecular weight is 471 g/mol. The van der Waals surface area contributed by atoms with Gasteiger partial charge in [-0.15, -0.1) is 0 Å². The van der Waals surface area contributed by atoms with Gasteiger partial charge in [-0.2, -0.15) is 0 Å². The maximum Gasteiger partial charge on any atom is 0.259 e. The number of hydrogen-bond acceptors (Lipinski definition) is 5. The van der Waals surface area contributed by atoms with Gasteiger partial charge >= 0.3 is 0 Å². The molecule has 3 N–H and O–H groups in total. The van der Waals surface area contributed by atoms with Crippen LogP contribution < -0.4 is 11.1 Å². The first-order valence-corrected chi connectivity index (χ1v) is 10.8. The number of carbonyl (C=O) groups is 2. The van der Waals surface area contributed by atoms with Gasteiger partial charge in [0.05, 0.1) is 5.69 Å². The molecule has 3 rings (SSSR count). The largest absolute Gasteiger partial charge is 0.361 e. The molecule has 0 aliphatic carbocycles. The summed E-state index contributed by atoms with van der Waals surface area (Å²) in [6.45, 7) is 8.48. The van der Waals surface area contributed by atoms with Crippen molar-refractivity contribution in [3.63, 3.8) is 0 Å². The summed E-state index contributed by atoms with van der Waals surface area (Å²) in [6.07, 6.45) is 0. The van der Waals surface area contributed by atoms with Gasteiger partial charge < -0.3 is 20.5 Å². The lowest BCUT2D eigenvalue weighted by molar-refractivity contribution is 0.0670. The molecule has 0 saturated heterocycles. The fraction of sp³-hybridized carbons (Fsp3) is 0.320. The first kappa shape index (κ1) is 25.0. The van der Waals surface area contributed by atoms with Crippen LogP contribution in [0.1, 0.15) is 51.6 Å². The van der Waals surface area contributed by atoms with Crippen LogP contribution in [0.5, 0.6) is 0 Å². The summed E-state index contributed by atoms with van der Waals surface area (Å²) in [7, 11) is 0. The van der Waals surface area contributed by atoms with Gasteiger partial charge in [0, 0.05) is 30.4 Å². The summed E-state index contributed by atoms with van der Waals surface area (Å²) >= 11 is 0. The summed E-state index contributed by atoms with van der Waals surface area (Å²) in [6, 6.07) is 9.49. The highest BCUT2D eigenvalue weighted by Gasteiger charge is 2.28. The number of rotatable bonds is 8. The molecule has 3 aromatic rings. The van der Waals surface area contributed by atoms with Gasteiger partial charge in [0.1, 0.15) is 23.0 Å². The fourth-order valence-corrected chi connectivity index (χ4v) is 3.53. The second-order valence-corrected chi connectivity index (χ2v) is 9.04. The number of benzene rings is 2. The Kier molecular flexibility index (Phi) is 7.46. The highest BCUT2D eigenvalue weighted by atomic mass is 19.1. The van der Waals surface area contributed by atoms with Crippen LogP contribution in [-0.2, 0) is 6.54 Å². The number of nitrogens with zero attached hydrogens (tertiary/aromatic N) is 2. The first-order valence-electron chi connectivity index (χ1n) is 10.8. The smallest absolute Gasteiger partial charge is 0.259 e. The molecule has 0 fully saturated rings. The molecule has 0 aliphatic heterocycles. The van der Waals surface area contributed by atoms with Crippen molar-refractivity contribution < 1.29 is 22.9 Å². The van der Waals surface area contributed by atoms with Gasteiger partial charge in [-0.25, -0.2) is 8.78 Å². The van der Waals surface area contributed by atoms with Crippen LogP contribution >= 0.6 is 0 Å². The van der Waals surface area contributed by atoms with Crippen molar-refractivity contribution in [1.82, 2.24) is 10.1 Å². The second kappa shape index (κ2) is 10.1. The molecule has 2 amide bonds. The minimum atomic E-state index is -0.830. The molecule has 9 heteroatoms. The predicted molar refractivity (Wildman–Crippen MR) is 124 cm³/mol. The van der Waals surface area contributed by atoms with Crippen molar-refractivity contribution >= 4 is 17.5 Å². The molecule has 7 nitrogen and oxygen atoms in total. The van der Waals surface area contributed by atoms with E-state index in [0.29, 0.717) is 48.4 Å². The SMILES string of the molecule is Cc1noc(C)c1C(=O)N(Cc1ccc(NC(=O)c2cc(F)cc(F)c2)cc1)CC(C)(C)CN. The van der Waals surface area contributed by atoms with E-state index in [1.807, 2.05) is 13.8 Å². The third-order valence-electron chi connectivity index (χ3n) is 5.42. The number of nitrogens with two attached hydrogens (primary N) is 1. The van der Waals surface area contributed by atoms with E-state index in [-0.39, 0.29) is 16.9 Å². The number of halogens is 2. The molecule has 0 saturated carbocycles. The van der Waals surface area contributed by atoms with E-state index in [9.17, 15) is 18.4 Å². The Morgan fingerprint density at radius 1 is 1.09 bits per heavy atom. The molecule has 0 atom stereocenters. The predicted octanol–water partition coefficient (Wildman–Crippen LogP) is 4.45. The normalized spacial score (nSPS) is 11.4. The number of nitrogens with one attached hydrogen (secondary N) is 1. The number of aryl methyl sites for hydroxylation is 2. The third-order valence-corrected chi connectivity index (χ3v) is 5.42. The van der Waals surface area contributed by atoms with Crippen LogP contribution in [-0.4, -0.2) is 35.0 Å². The topological polar surface area (TPSA) is 101 Å². The number of aromatic nitrogens is 1. The molecule has 0 bridgehead atoms. The zero-order chi connectivity index (χ0) is 25.0. The highest BCUT2D eigenvalue weighted by Crippen LogP contribution is 2.23. The molecule has 1 aromatic heterocycles. The lowest BCUT2D eigenvalue weighted by Crippen LogP contribution is -2.42. The minimum absolute atomic E-state index is 0.123. The molecular weight excluding hydrogens is 442 g/mol. The molecular formula is C25H28F2N4O3. The quantitative estimate of drug-likeness (QED) is 0.507. The lowest BCUT2D eigenvalue weighted by atomic mass is 9.92. The Morgan fingerprint density at radius 2 is 1.71 bits per heavy atom. The van der Waals surface area contributed by atoms with Crippen LogP contribution in [0.15, 0.2) is 47.0 Å². The fourth-order valence-electron chi connectivity index (χ4n) is 3.53. The molecule has 0 aliphatic rings. The van der Waals surface area contributed by atoms with E-state index < -0.39 is 17.5 Å². The summed E-state index contributed by atoms with van der Waals surface area (Å²) in [5, 5.41) is 6.49. The van der Waals surface area contributed by atoms with Gasteiger partial charge in [-0.05, 0) is 55.6 Å². The molecule has 2 aromatic carbocycles. The minimum Gasteiger partial charge on any atom is -0.361 e. The third kappa shape index (κ3) is 6.05. The van der Waals surface area contributed by atoms with E-state index in [1.54, 1.807) is 43.0 Å². The molecule has 34 heavy (non-hydrogen) atoms. The zero-order valence-electron chi connectivity index (χ0n) is 19.6. The van der Waals surface area contributed by atoms with Crippen molar-refractivity contribution in [1.29, 1.82) is 0 Å². The van der Waals surface area contributed by atoms with Gasteiger partial charge in [-0.3, -0.25) is 9.59 Å². The monoisotopic (exact) mass is 470 g/mol. The maximum atomic E-state index is 13.4. The van der Waals surface area contributed by atoms with E-state index in [0.717, 1.165) is 17.7 Å². The van der Waals surface area contributed by atoms with Crippen molar-refractivity contribution in [2.24, 2.45) is 11.1 Å². The Balaban J connectivity index is 1.77. The van der Waals surface area contributed by atoms with Crippen LogP contribution in [0.2, 0.25) is 0 Å². The van der Waals surface area contributed by atoms with Crippen LogP contribution in [0.25, 0.3) is 0 Å². The standard InChI is InChI=1S/C25H28F2N4O3/c1-15-22(16(2)34-30-15)24(33)31(14-25(3,4)13-28)12-17-5-7-21(8-6-17)29-23(32)18-9-19(26)11-20(27)10-18/h5-11H,12-14,28H2,1-4H3,(H,29,32). The maximum absolute atomic E-state index is 13.4. The molecule has 1 heterocycles. The van der Waals surface area contributed by atoms with E-state index in [1.165, 1.54) is 0 Å². The van der Waals surface area contributed by atoms with Gasteiger partial charge in [0.15, 0.2) is 0 Å². The van der Waals surface area contributed by atoms with Gasteiger partial charge in [0.2, 0.25) is 0 Å². The first-order chi connectivity index (χ1) is 16.0. The van der Waals surface area contributed by atoms with Gasteiger partial charge in [0.25, 0.3) is 11.8 Å². The second-order valence-electron chi connectivity index (χ2n) is 9.04. The Labute approximate surface area is 196 Å². The summed E-state index contributed by atoms with van der Waals surface area (Å²) in [5.74, 6) is -2.05. The molecule has 180 valence electrons. The van der Waals surface area contributed by atoms with E-state index in [4.69, 9.17) is 10.3 Å². The number of amides is 2. The van der Waals surface area contributed by atoms with Crippen molar-refractivity contribution in [2.75, 3.05) is 18.4 Å². The van der Waals surface area contributed by atoms with Crippen LogP contribution in [0, 0.1) is 30.9 Å². The average Bonchev–Trinajstić information content (AvgIpc) is 3.11. The summed E-state index contributed by atoms with van der Waals surface area (Å²) in [4.78, 5) is 27.4. The number of carbonyl (C=O) groups excluding carboxylic acids is 2. The van der Waals surface area contributed by atoms with Crippen LogP contribution in [0.3, 0.4) is 0 Å². The molecule has 0 unspecified atom stereocenters. The lowest BCUT2D eigenvalue weighted by Gasteiger charge is -2.32. The van der Waals surface area contributed by atoms with E-state index in [2.05, 4.69) is 10.5 Å². The summed E-state index contributed by atoms with van der Waals surface area (Å²) in [5.41, 5.74) is 7.68. The summed E-state index contributed by atoms with van der Waals surface area (Å²) < 4.78 is 32.0. The molecule has 0 spiro atoms. The Bertz CT molecular complexity index is 1150. The number of anilines is 1. The highest BCUT2D eigenvalue weighted by molar-refractivity contribution is 6.04. The Morgan fingerprint density at radius 3 is 2.24 bits per heavy atom. The van der Waals surface area contributed by atoms with Crippen molar-refractivity contribution in [3.05, 3.63) is 82.2 Å². The zero-order valence-corrected chi connectivity index (χ0v) is 19.6. The number of hydrogen-bond donors (Lipinski definition) is 2. The van der Waals surface area contributed by atoms with Crippen molar-refractivity contribution in [2.45, 2.75) is 34.2 Å². The Hall–Kier alpha value is -3.59. The van der Waals surface area contributed by atoms with Crippen LogP contribution in [0.4, 0.5) is 14.5 Å².